The first-order valence-corrected chi connectivity index (χ1v) is 14.5. The molecule has 5 rings (SSSR count). The van der Waals surface area contributed by atoms with E-state index < -0.39 is 18.4 Å². The second-order valence-electron chi connectivity index (χ2n) is 9.90. The van der Waals surface area contributed by atoms with Gasteiger partial charge in [-0.1, -0.05) is 17.7 Å². The lowest BCUT2D eigenvalue weighted by Crippen LogP contribution is -2.33. The number of nitrogens with one attached hydrogen (secondary N) is 3. The minimum absolute atomic E-state index is 0.0407. The quantitative estimate of drug-likeness (QED) is 0.0793. The van der Waals surface area contributed by atoms with Crippen molar-refractivity contribution in [3.8, 4) is 16.9 Å². The number of aromatic amines is 1. The van der Waals surface area contributed by atoms with E-state index >= 15 is 4.39 Å². The maximum atomic E-state index is 15.1. The van der Waals surface area contributed by atoms with E-state index in [1.165, 1.54) is 21.6 Å². The molecule has 2 unspecified atom stereocenters. The van der Waals surface area contributed by atoms with Gasteiger partial charge in [-0.3, -0.25) is 14.7 Å². The van der Waals surface area contributed by atoms with Gasteiger partial charge in [0.05, 0.1) is 43.9 Å². The summed E-state index contributed by atoms with van der Waals surface area (Å²) in [4.78, 5) is 25.2. The van der Waals surface area contributed by atoms with E-state index in [9.17, 15) is 9.90 Å². The maximum absolute atomic E-state index is 15.1. The van der Waals surface area contributed by atoms with Gasteiger partial charge in [0.15, 0.2) is 0 Å². The van der Waals surface area contributed by atoms with Gasteiger partial charge >= 0.3 is 0 Å². The van der Waals surface area contributed by atoms with E-state index in [1.54, 1.807) is 31.4 Å². The summed E-state index contributed by atoms with van der Waals surface area (Å²) in [6.07, 6.45) is 4.13. The normalized spacial score (nSPS) is 15.4. The average molecular weight is 643 g/mol. The van der Waals surface area contributed by atoms with E-state index in [0.29, 0.717) is 73.4 Å². The molecule has 45 heavy (non-hydrogen) atoms. The van der Waals surface area contributed by atoms with Crippen LogP contribution >= 0.6 is 11.6 Å². The van der Waals surface area contributed by atoms with Crippen LogP contribution in [0.2, 0.25) is 5.02 Å². The van der Waals surface area contributed by atoms with Crippen LogP contribution in [0.3, 0.4) is 0 Å². The van der Waals surface area contributed by atoms with Crippen LogP contribution in [0.15, 0.2) is 41.5 Å². The van der Waals surface area contributed by atoms with Crippen LogP contribution in [-0.2, 0) is 20.6 Å². The Bertz CT molecular complexity index is 1690. The molecule has 0 aliphatic carbocycles. The molecule has 1 aromatic carbocycles. The highest BCUT2D eigenvalue weighted by Crippen LogP contribution is 2.32. The Hall–Kier alpha value is -4.19. The second kappa shape index (κ2) is 15.2. The van der Waals surface area contributed by atoms with Crippen LogP contribution in [0, 0.1) is 11.4 Å². The van der Waals surface area contributed by atoms with E-state index in [0.717, 1.165) is 6.21 Å². The molecule has 0 bridgehead atoms. The number of ether oxygens (including phenoxy) is 3. The smallest absolute Gasteiger partial charge is 0.254 e. The molecule has 4 N–H and O–H groups in total. The van der Waals surface area contributed by atoms with Crippen molar-refractivity contribution in [2.75, 3.05) is 40.1 Å². The Morgan fingerprint density at radius 1 is 1.29 bits per heavy atom. The highest BCUT2D eigenvalue weighted by atomic mass is 35.5. The molecule has 0 spiro atoms. The third-order valence-corrected chi connectivity index (χ3v) is 7.23. The number of rotatable bonds is 16. The number of aryl methyl sites for hydroxylation is 1. The van der Waals surface area contributed by atoms with Crippen molar-refractivity contribution < 1.29 is 23.7 Å². The number of tetrazole rings is 1. The average Bonchev–Trinajstić information content (AvgIpc) is 3.80. The summed E-state index contributed by atoms with van der Waals surface area (Å²) >= 11 is 6.26. The van der Waals surface area contributed by atoms with E-state index in [2.05, 4.69) is 30.8 Å². The fourth-order valence-corrected chi connectivity index (χ4v) is 5.10. The van der Waals surface area contributed by atoms with Crippen LogP contribution < -0.4 is 10.9 Å². The Balaban J connectivity index is 1.27. The number of fused-ring (bicyclic) bond motifs is 1. The predicted molar refractivity (Wildman–Crippen MR) is 161 cm³/mol. The molecular formula is C28H32ClFN10O5. The van der Waals surface area contributed by atoms with Crippen molar-refractivity contribution in [2.45, 2.75) is 31.7 Å². The van der Waals surface area contributed by atoms with Gasteiger partial charge in [0.25, 0.3) is 5.56 Å². The summed E-state index contributed by atoms with van der Waals surface area (Å²) in [6.45, 7) is 1.69. The Kier molecular flexibility index (Phi) is 10.9. The highest BCUT2D eigenvalue weighted by Gasteiger charge is 2.30. The third-order valence-electron chi connectivity index (χ3n) is 6.99. The van der Waals surface area contributed by atoms with Crippen LogP contribution in [-0.4, -0.2) is 97.5 Å². The number of methoxy groups -OCH3 is 1. The summed E-state index contributed by atoms with van der Waals surface area (Å²) in [6, 6.07) is 5.93. The zero-order chi connectivity index (χ0) is 31.8. The van der Waals surface area contributed by atoms with Gasteiger partial charge in [-0.05, 0) is 41.5 Å². The lowest BCUT2D eigenvalue weighted by atomic mass is 10.1. The molecule has 238 valence electrons. The number of H-pyrrole nitrogens is 1. The molecule has 15 nitrogen and oxygen atoms in total. The van der Waals surface area contributed by atoms with Crippen molar-refractivity contribution in [1.29, 1.82) is 5.41 Å². The zero-order valence-corrected chi connectivity index (χ0v) is 25.1. The Morgan fingerprint density at radius 3 is 2.91 bits per heavy atom. The first-order chi connectivity index (χ1) is 21.9. The number of imidazole rings is 1. The molecule has 1 aliphatic rings. The van der Waals surface area contributed by atoms with Gasteiger partial charge in [-0.2, -0.15) is 9.07 Å². The predicted octanol–water partition coefficient (Wildman–Crippen LogP) is 1.91. The fraction of sp³-hybridized carbons (Fsp3) is 0.393. The molecule has 1 aliphatic heterocycles. The topological polar surface area (TPSA) is 191 Å². The van der Waals surface area contributed by atoms with Crippen LogP contribution in [0.25, 0.3) is 22.5 Å². The number of aliphatic hydroxyl groups is 1. The molecule has 0 saturated heterocycles. The third kappa shape index (κ3) is 7.73. The number of hydrogen-bond acceptors (Lipinski definition) is 12. The fourth-order valence-electron chi connectivity index (χ4n) is 4.92. The van der Waals surface area contributed by atoms with Crippen LogP contribution in [0.4, 0.5) is 4.39 Å². The summed E-state index contributed by atoms with van der Waals surface area (Å²) < 4.78 is 33.4. The van der Waals surface area contributed by atoms with E-state index in [4.69, 9.17) is 36.2 Å². The zero-order valence-electron chi connectivity index (χ0n) is 24.3. The van der Waals surface area contributed by atoms with Gasteiger partial charge in [-0.25, -0.2) is 9.97 Å². The number of nitrogens with zero attached hydrogens (tertiary/aromatic N) is 7. The lowest BCUT2D eigenvalue weighted by molar-refractivity contribution is -0.131. The molecule has 2 atom stereocenters. The van der Waals surface area contributed by atoms with Gasteiger partial charge in [0, 0.05) is 48.5 Å². The molecular weight excluding hydrogens is 611 g/mol. The Morgan fingerprint density at radius 2 is 2.13 bits per heavy atom. The van der Waals surface area contributed by atoms with Gasteiger partial charge in [0.1, 0.15) is 23.7 Å². The number of allylic oxidation sites excluding steroid dienone is 1. The van der Waals surface area contributed by atoms with Crippen molar-refractivity contribution in [3.05, 3.63) is 75.3 Å². The summed E-state index contributed by atoms with van der Waals surface area (Å²) in [5.41, 5.74) is 1.44. The molecule has 4 heterocycles. The van der Waals surface area contributed by atoms with Crippen LogP contribution in [0.5, 0.6) is 0 Å². The number of hydrogen-bond donors (Lipinski definition) is 4. The maximum Gasteiger partial charge on any atom is 0.254 e. The van der Waals surface area contributed by atoms with Crippen LogP contribution in [0.1, 0.15) is 36.2 Å². The molecule has 0 fully saturated rings. The van der Waals surface area contributed by atoms with Gasteiger partial charge in [0.2, 0.25) is 12.4 Å². The summed E-state index contributed by atoms with van der Waals surface area (Å²) in [5, 5.41) is 32.2. The van der Waals surface area contributed by atoms with E-state index in [1.807, 2.05) is 0 Å². The Labute approximate surface area is 261 Å². The number of aliphatic hydroxyl groups excluding tert-OH is 1. The molecule has 0 amide bonds. The second-order valence-corrected chi connectivity index (χ2v) is 10.3. The lowest BCUT2D eigenvalue weighted by Gasteiger charge is -2.14. The van der Waals surface area contributed by atoms with Gasteiger partial charge in [-0.15, -0.1) is 5.10 Å². The number of aromatic nitrogens is 8. The SMILES string of the molecule is COCCOCCOC(O)NCC/C=C(\C=N)c1nc(C2CCc3nc(-c4cc(Cl)ccc4-n4cnnn4)cc(=O)n32)[nH]c1F. The van der Waals surface area contributed by atoms with Crippen molar-refractivity contribution in [2.24, 2.45) is 0 Å². The minimum atomic E-state index is -1.21. The van der Waals surface area contributed by atoms with Gasteiger partial charge < -0.3 is 29.7 Å². The number of benzene rings is 1. The molecule has 3 aromatic heterocycles. The van der Waals surface area contributed by atoms with Crippen molar-refractivity contribution in [3.63, 3.8) is 0 Å². The molecule has 4 aromatic rings. The van der Waals surface area contributed by atoms with E-state index in [-0.39, 0.29) is 29.3 Å². The molecule has 17 heteroatoms. The highest BCUT2D eigenvalue weighted by molar-refractivity contribution is 6.31. The monoisotopic (exact) mass is 642 g/mol. The summed E-state index contributed by atoms with van der Waals surface area (Å²) in [7, 11) is 1.58. The first kappa shape index (κ1) is 32.2. The van der Waals surface area contributed by atoms with Crippen molar-refractivity contribution in [1.82, 2.24) is 45.0 Å². The molecule has 0 saturated carbocycles. The first-order valence-electron chi connectivity index (χ1n) is 14.1. The van der Waals surface area contributed by atoms with Crippen molar-refractivity contribution >= 4 is 23.4 Å². The standard InChI is InChI=1S/C28H32ClFN10O5/c1-43-9-10-44-11-12-45-28(42)32-8-2-3-17(15-31)25-26(30)36-27(35-25)22-6-7-23-34-20(14-24(41)40(22)23)19-13-18(29)4-5-21(19)39-16-33-37-38-39/h3-5,13-16,22,28,31-32,42H,2,6-12H2,1H3,(H,35,36)/b17-3+,31-15?. The number of halogens is 2. The summed E-state index contributed by atoms with van der Waals surface area (Å²) in [5.74, 6) is 0.0396. The minimum Gasteiger partial charge on any atom is -0.382 e. The largest absolute Gasteiger partial charge is 0.382 e. The molecule has 0 radical (unpaired) electrons.